The van der Waals surface area contributed by atoms with Crippen molar-refractivity contribution in [2.45, 2.75) is 31.8 Å². The Morgan fingerprint density at radius 3 is 2.45 bits per heavy atom. The van der Waals surface area contributed by atoms with Crippen LogP contribution in [0.15, 0.2) is 24.3 Å². The van der Waals surface area contributed by atoms with Gasteiger partial charge in [0.15, 0.2) is 0 Å². The maximum absolute atomic E-state index is 13.8. The zero-order valence-electron chi connectivity index (χ0n) is 11.8. The molecule has 0 spiro atoms. The number of hydrogen-bond acceptors (Lipinski definition) is 3. The molecule has 0 radical (unpaired) electrons. The van der Waals surface area contributed by atoms with E-state index >= 15 is 0 Å². The van der Waals surface area contributed by atoms with Crippen molar-refractivity contribution in [3.8, 4) is 0 Å². The third-order valence-corrected chi connectivity index (χ3v) is 4.57. The lowest BCUT2D eigenvalue weighted by atomic mass is 10.0. The van der Waals surface area contributed by atoms with Gasteiger partial charge in [-0.1, -0.05) is 18.2 Å². The van der Waals surface area contributed by atoms with Crippen LogP contribution >= 0.6 is 0 Å². The summed E-state index contributed by atoms with van der Waals surface area (Å²) in [6, 6.07) is 6.81. The number of nitrogens with one attached hydrogen (secondary N) is 1. The summed E-state index contributed by atoms with van der Waals surface area (Å²) in [4.78, 5) is 2.19. The van der Waals surface area contributed by atoms with Gasteiger partial charge < -0.3 is 0 Å². The lowest BCUT2D eigenvalue weighted by Crippen LogP contribution is -2.45. The molecule has 6 heteroatoms. The van der Waals surface area contributed by atoms with Gasteiger partial charge in [0.2, 0.25) is 10.0 Å². The molecular formula is C14H21FN2O2S. The van der Waals surface area contributed by atoms with Crippen LogP contribution in [0, 0.1) is 5.82 Å². The molecule has 0 amide bonds. The Morgan fingerprint density at radius 1 is 1.30 bits per heavy atom. The third kappa shape index (κ3) is 4.01. The molecule has 112 valence electrons. The van der Waals surface area contributed by atoms with E-state index in [0.29, 0.717) is 5.56 Å². The molecule has 0 aromatic heterocycles. The predicted molar refractivity (Wildman–Crippen MR) is 77.4 cm³/mol. The van der Waals surface area contributed by atoms with Crippen LogP contribution in [-0.2, 0) is 10.0 Å². The molecule has 4 nitrogen and oxygen atoms in total. The zero-order chi connectivity index (χ0) is 14.8. The van der Waals surface area contributed by atoms with Crippen molar-refractivity contribution in [2.24, 2.45) is 0 Å². The summed E-state index contributed by atoms with van der Waals surface area (Å²) < 4.78 is 38.8. The summed E-state index contributed by atoms with van der Waals surface area (Å²) >= 11 is 0. The van der Waals surface area contributed by atoms with Crippen molar-refractivity contribution >= 4 is 10.0 Å². The normalized spacial score (nSPS) is 19.9. The number of likely N-dealkylation sites (tertiary alicyclic amines) is 1. The van der Waals surface area contributed by atoms with Crippen LogP contribution in [0.2, 0.25) is 0 Å². The molecule has 1 aromatic rings. The molecule has 1 N–H and O–H groups in total. The fourth-order valence-electron chi connectivity index (χ4n) is 2.72. The Labute approximate surface area is 120 Å². The van der Waals surface area contributed by atoms with E-state index in [-0.39, 0.29) is 17.9 Å². The topological polar surface area (TPSA) is 49.4 Å². The molecule has 0 bridgehead atoms. The van der Waals surface area contributed by atoms with Crippen LogP contribution in [0.1, 0.15) is 31.4 Å². The predicted octanol–water partition coefficient (Wildman–Crippen LogP) is 1.90. The van der Waals surface area contributed by atoms with E-state index < -0.39 is 10.0 Å². The second kappa shape index (κ2) is 6.20. The molecule has 1 aliphatic heterocycles. The third-order valence-electron chi connectivity index (χ3n) is 3.81. The lowest BCUT2D eigenvalue weighted by Gasteiger charge is -2.36. The van der Waals surface area contributed by atoms with Crippen LogP contribution in [0.25, 0.3) is 0 Å². The monoisotopic (exact) mass is 300 g/mol. The molecule has 20 heavy (non-hydrogen) atoms. The van der Waals surface area contributed by atoms with E-state index in [0.717, 1.165) is 25.9 Å². The second-order valence-electron chi connectivity index (χ2n) is 5.40. The number of piperidine rings is 1. The van der Waals surface area contributed by atoms with Gasteiger partial charge in [0.05, 0.1) is 6.26 Å². The fraction of sp³-hybridized carbons (Fsp3) is 0.571. The molecule has 1 heterocycles. The van der Waals surface area contributed by atoms with Gasteiger partial charge in [-0.15, -0.1) is 0 Å². The minimum absolute atomic E-state index is 0.00549. The van der Waals surface area contributed by atoms with Gasteiger partial charge >= 0.3 is 0 Å². The summed E-state index contributed by atoms with van der Waals surface area (Å²) in [6.07, 6.45) is 2.69. The van der Waals surface area contributed by atoms with Crippen molar-refractivity contribution in [3.63, 3.8) is 0 Å². The van der Waals surface area contributed by atoms with Gasteiger partial charge in [-0.3, -0.25) is 4.90 Å². The quantitative estimate of drug-likeness (QED) is 0.924. The highest BCUT2D eigenvalue weighted by molar-refractivity contribution is 7.88. The van der Waals surface area contributed by atoms with Crippen molar-refractivity contribution in [2.75, 3.05) is 19.3 Å². The first-order valence-electron chi connectivity index (χ1n) is 6.82. The lowest BCUT2D eigenvalue weighted by molar-refractivity contribution is 0.157. The Balaban J connectivity index is 1.95. The fourth-order valence-corrected chi connectivity index (χ4v) is 3.56. The molecule has 1 fully saturated rings. The van der Waals surface area contributed by atoms with E-state index in [4.69, 9.17) is 0 Å². The average Bonchev–Trinajstić information content (AvgIpc) is 2.37. The number of benzene rings is 1. The Kier molecular flexibility index (Phi) is 4.78. The summed E-state index contributed by atoms with van der Waals surface area (Å²) in [6.45, 7) is 3.52. The second-order valence-corrected chi connectivity index (χ2v) is 7.18. The Bertz CT molecular complexity index is 554. The summed E-state index contributed by atoms with van der Waals surface area (Å²) in [5.41, 5.74) is 0.696. The van der Waals surface area contributed by atoms with Gasteiger partial charge in [-0.25, -0.2) is 17.5 Å². The minimum Gasteiger partial charge on any atom is -0.296 e. The molecule has 2 rings (SSSR count). The molecule has 0 aliphatic carbocycles. The van der Waals surface area contributed by atoms with Crippen LogP contribution in [0.4, 0.5) is 4.39 Å². The van der Waals surface area contributed by atoms with Gasteiger partial charge in [0, 0.05) is 30.7 Å². The highest BCUT2D eigenvalue weighted by Gasteiger charge is 2.26. The minimum atomic E-state index is -3.15. The summed E-state index contributed by atoms with van der Waals surface area (Å²) in [7, 11) is -3.15. The Morgan fingerprint density at radius 2 is 1.90 bits per heavy atom. The van der Waals surface area contributed by atoms with E-state index in [2.05, 4.69) is 9.62 Å². The summed E-state index contributed by atoms with van der Waals surface area (Å²) in [5.74, 6) is -0.184. The van der Waals surface area contributed by atoms with Gasteiger partial charge in [-0.2, -0.15) is 0 Å². The molecule has 1 aromatic carbocycles. The largest absolute Gasteiger partial charge is 0.296 e. The van der Waals surface area contributed by atoms with Crippen molar-refractivity contribution in [1.82, 2.24) is 9.62 Å². The number of nitrogens with zero attached hydrogens (tertiary/aromatic N) is 1. The maximum atomic E-state index is 13.8. The van der Waals surface area contributed by atoms with Crippen LogP contribution in [0.5, 0.6) is 0 Å². The Hall–Kier alpha value is -0.980. The first-order chi connectivity index (χ1) is 9.37. The first kappa shape index (κ1) is 15.4. The highest BCUT2D eigenvalue weighted by Crippen LogP contribution is 2.26. The zero-order valence-corrected chi connectivity index (χ0v) is 12.7. The van der Waals surface area contributed by atoms with Gasteiger partial charge in [0.25, 0.3) is 0 Å². The van der Waals surface area contributed by atoms with Gasteiger partial charge in [0.1, 0.15) is 5.82 Å². The maximum Gasteiger partial charge on any atom is 0.208 e. The summed E-state index contributed by atoms with van der Waals surface area (Å²) in [5, 5.41) is 0. The van der Waals surface area contributed by atoms with Crippen LogP contribution < -0.4 is 4.72 Å². The number of sulfonamides is 1. The number of hydrogen-bond donors (Lipinski definition) is 1. The molecule has 1 atom stereocenters. The average molecular weight is 300 g/mol. The molecule has 1 saturated heterocycles. The van der Waals surface area contributed by atoms with Crippen molar-refractivity contribution in [1.29, 1.82) is 0 Å². The molecular weight excluding hydrogens is 279 g/mol. The van der Waals surface area contributed by atoms with Crippen LogP contribution in [-0.4, -0.2) is 38.7 Å². The molecule has 0 saturated carbocycles. The van der Waals surface area contributed by atoms with E-state index in [1.807, 2.05) is 13.0 Å². The highest BCUT2D eigenvalue weighted by atomic mass is 32.2. The van der Waals surface area contributed by atoms with Gasteiger partial charge in [-0.05, 0) is 25.8 Å². The standard InChI is InChI=1S/C14H21FN2O2S/c1-11(13-5-3-4-6-14(13)15)17-9-7-12(8-10-17)16-20(2,18)19/h3-6,11-12,16H,7-10H2,1-2H3. The van der Waals surface area contributed by atoms with E-state index in [1.165, 1.54) is 12.3 Å². The smallest absolute Gasteiger partial charge is 0.208 e. The van der Waals surface area contributed by atoms with Crippen molar-refractivity contribution in [3.05, 3.63) is 35.6 Å². The number of halogens is 1. The van der Waals surface area contributed by atoms with Crippen molar-refractivity contribution < 1.29 is 12.8 Å². The molecule has 1 aliphatic rings. The SMILES string of the molecule is CC(c1ccccc1F)N1CCC(NS(C)(=O)=O)CC1. The van der Waals surface area contributed by atoms with E-state index in [9.17, 15) is 12.8 Å². The van der Waals surface area contributed by atoms with E-state index in [1.54, 1.807) is 12.1 Å². The first-order valence-corrected chi connectivity index (χ1v) is 8.72. The number of rotatable bonds is 4. The molecule has 1 unspecified atom stereocenters. The van der Waals surface area contributed by atoms with Crippen LogP contribution in [0.3, 0.4) is 0 Å².